The summed E-state index contributed by atoms with van der Waals surface area (Å²) in [6.07, 6.45) is 6.08. The number of hydrogen-bond acceptors (Lipinski definition) is 1. The Morgan fingerprint density at radius 1 is 1.28 bits per heavy atom. The first-order chi connectivity index (χ1) is 8.56. The third-order valence-electron chi connectivity index (χ3n) is 3.44. The van der Waals surface area contributed by atoms with Crippen LogP contribution in [0.25, 0.3) is 0 Å². The van der Waals surface area contributed by atoms with Gasteiger partial charge in [0.05, 0.1) is 0 Å². The second-order valence-electron chi connectivity index (χ2n) is 4.96. The molecule has 1 nitrogen and oxygen atoms in total. The van der Waals surface area contributed by atoms with Gasteiger partial charge in [0.2, 0.25) is 0 Å². The molecule has 1 rings (SSSR count). The van der Waals surface area contributed by atoms with Gasteiger partial charge in [0, 0.05) is 15.5 Å². The van der Waals surface area contributed by atoms with E-state index in [-0.39, 0.29) is 6.04 Å². The highest BCUT2D eigenvalue weighted by atomic mass is 79.9. The van der Waals surface area contributed by atoms with E-state index in [1.54, 1.807) is 0 Å². The summed E-state index contributed by atoms with van der Waals surface area (Å²) >= 11 is 9.53. The second kappa shape index (κ2) is 8.19. The molecule has 2 N–H and O–H groups in total. The predicted molar refractivity (Wildman–Crippen MR) is 84.0 cm³/mol. The standard InChI is InChI=1S/C15H23BrClN/c1-3-5-6-11(4-2)7-15(18)12-8-13(16)10-14(17)9-12/h8-11,15H,3-7,18H2,1-2H3. The molecule has 0 aliphatic rings. The summed E-state index contributed by atoms with van der Waals surface area (Å²) in [5, 5.41) is 0.747. The maximum absolute atomic E-state index is 6.30. The topological polar surface area (TPSA) is 26.0 Å². The fraction of sp³-hybridized carbons (Fsp3) is 0.600. The molecule has 0 spiro atoms. The zero-order valence-electron chi connectivity index (χ0n) is 11.3. The van der Waals surface area contributed by atoms with E-state index in [1.165, 1.54) is 25.7 Å². The lowest BCUT2D eigenvalue weighted by atomic mass is 9.90. The van der Waals surface area contributed by atoms with Crippen LogP contribution in [0.2, 0.25) is 5.02 Å². The molecule has 2 unspecified atom stereocenters. The van der Waals surface area contributed by atoms with Crippen LogP contribution in [0.15, 0.2) is 22.7 Å². The smallest absolute Gasteiger partial charge is 0.0420 e. The van der Waals surface area contributed by atoms with E-state index in [0.29, 0.717) is 0 Å². The van der Waals surface area contributed by atoms with Gasteiger partial charge in [0.15, 0.2) is 0 Å². The zero-order chi connectivity index (χ0) is 13.5. The van der Waals surface area contributed by atoms with E-state index in [0.717, 1.165) is 27.4 Å². The molecule has 1 aromatic carbocycles. The van der Waals surface area contributed by atoms with E-state index in [4.69, 9.17) is 17.3 Å². The first kappa shape index (κ1) is 16.0. The van der Waals surface area contributed by atoms with Crippen molar-refractivity contribution in [3.63, 3.8) is 0 Å². The monoisotopic (exact) mass is 331 g/mol. The van der Waals surface area contributed by atoms with Gasteiger partial charge < -0.3 is 5.73 Å². The molecule has 18 heavy (non-hydrogen) atoms. The Kier molecular flexibility index (Phi) is 7.28. The number of rotatable bonds is 7. The molecule has 1 aromatic rings. The molecular weight excluding hydrogens is 310 g/mol. The van der Waals surface area contributed by atoms with Crippen molar-refractivity contribution in [1.29, 1.82) is 0 Å². The molecule has 0 aromatic heterocycles. The molecule has 0 fully saturated rings. The Balaban J connectivity index is 2.65. The van der Waals surface area contributed by atoms with Gasteiger partial charge in [0.1, 0.15) is 0 Å². The summed E-state index contributed by atoms with van der Waals surface area (Å²) in [5.41, 5.74) is 7.43. The average Bonchev–Trinajstić information content (AvgIpc) is 2.32. The Labute approximate surface area is 124 Å². The normalized spacial score (nSPS) is 14.5. The molecule has 102 valence electrons. The van der Waals surface area contributed by atoms with Crippen molar-refractivity contribution in [2.24, 2.45) is 11.7 Å². The third kappa shape index (κ3) is 5.29. The molecule has 0 saturated carbocycles. The zero-order valence-corrected chi connectivity index (χ0v) is 13.6. The highest BCUT2D eigenvalue weighted by Crippen LogP contribution is 2.28. The van der Waals surface area contributed by atoms with Crippen LogP contribution in [-0.4, -0.2) is 0 Å². The van der Waals surface area contributed by atoms with Crippen molar-refractivity contribution in [2.45, 2.75) is 52.0 Å². The van der Waals surface area contributed by atoms with Gasteiger partial charge in [-0.05, 0) is 36.1 Å². The molecule has 0 aliphatic heterocycles. The van der Waals surface area contributed by atoms with E-state index in [9.17, 15) is 0 Å². The molecule has 0 bridgehead atoms. The van der Waals surface area contributed by atoms with Crippen molar-refractivity contribution in [3.8, 4) is 0 Å². The fourth-order valence-corrected chi connectivity index (χ4v) is 3.15. The van der Waals surface area contributed by atoms with Crippen LogP contribution in [0.3, 0.4) is 0 Å². The molecule has 0 heterocycles. The van der Waals surface area contributed by atoms with Crippen molar-refractivity contribution in [3.05, 3.63) is 33.3 Å². The molecule has 3 heteroatoms. The first-order valence-corrected chi connectivity index (χ1v) is 7.95. The number of halogens is 2. The van der Waals surface area contributed by atoms with E-state index in [1.807, 2.05) is 12.1 Å². The maximum atomic E-state index is 6.30. The molecule has 0 aliphatic carbocycles. The quantitative estimate of drug-likeness (QED) is 0.680. The van der Waals surface area contributed by atoms with Crippen LogP contribution in [0, 0.1) is 5.92 Å². The van der Waals surface area contributed by atoms with Gasteiger partial charge >= 0.3 is 0 Å². The van der Waals surface area contributed by atoms with Crippen molar-refractivity contribution >= 4 is 27.5 Å². The van der Waals surface area contributed by atoms with Gasteiger partial charge in [-0.25, -0.2) is 0 Å². The molecule has 0 amide bonds. The van der Waals surface area contributed by atoms with Gasteiger partial charge in [-0.3, -0.25) is 0 Å². The first-order valence-electron chi connectivity index (χ1n) is 6.78. The number of benzene rings is 1. The van der Waals surface area contributed by atoms with Crippen LogP contribution in [0.5, 0.6) is 0 Å². The maximum Gasteiger partial charge on any atom is 0.0420 e. The van der Waals surface area contributed by atoms with Crippen molar-refractivity contribution < 1.29 is 0 Å². The molecule has 2 atom stereocenters. The highest BCUT2D eigenvalue weighted by Gasteiger charge is 2.14. The van der Waals surface area contributed by atoms with Gasteiger partial charge in [-0.2, -0.15) is 0 Å². The number of unbranched alkanes of at least 4 members (excludes halogenated alkanes) is 1. The van der Waals surface area contributed by atoms with Crippen LogP contribution >= 0.6 is 27.5 Å². The van der Waals surface area contributed by atoms with Crippen molar-refractivity contribution in [2.75, 3.05) is 0 Å². The minimum atomic E-state index is 0.0850. The Morgan fingerprint density at radius 2 is 2.00 bits per heavy atom. The summed E-state index contributed by atoms with van der Waals surface area (Å²) < 4.78 is 1.00. The highest BCUT2D eigenvalue weighted by molar-refractivity contribution is 9.10. The van der Waals surface area contributed by atoms with Gasteiger partial charge in [-0.15, -0.1) is 0 Å². The minimum absolute atomic E-state index is 0.0850. The third-order valence-corrected chi connectivity index (χ3v) is 4.12. The van der Waals surface area contributed by atoms with Crippen molar-refractivity contribution in [1.82, 2.24) is 0 Å². The van der Waals surface area contributed by atoms with E-state index in [2.05, 4.69) is 35.8 Å². The Morgan fingerprint density at radius 3 is 2.56 bits per heavy atom. The lowest BCUT2D eigenvalue weighted by Crippen LogP contribution is -2.15. The summed E-state index contributed by atoms with van der Waals surface area (Å²) in [4.78, 5) is 0. The van der Waals surface area contributed by atoms with Crippen LogP contribution in [0.4, 0.5) is 0 Å². The van der Waals surface area contributed by atoms with Gasteiger partial charge in [-0.1, -0.05) is 67.1 Å². The number of hydrogen-bond donors (Lipinski definition) is 1. The largest absolute Gasteiger partial charge is 0.324 e. The van der Waals surface area contributed by atoms with E-state index >= 15 is 0 Å². The summed E-state index contributed by atoms with van der Waals surface area (Å²) in [5.74, 6) is 0.720. The lowest BCUT2D eigenvalue weighted by Gasteiger charge is -2.20. The van der Waals surface area contributed by atoms with Crippen LogP contribution < -0.4 is 5.73 Å². The summed E-state index contributed by atoms with van der Waals surface area (Å²) in [6, 6.07) is 6.03. The van der Waals surface area contributed by atoms with Crippen LogP contribution in [-0.2, 0) is 0 Å². The minimum Gasteiger partial charge on any atom is -0.324 e. The number of nitrogens with two attached hydrogens (primary N) is 1. The SMILES string of the molecule is CCCCC(CC)CC(N)c1cc(Cl)cc(Br)c1. The predicted octanol–water partition coefficient (Wildman–Crippen LogP) is 5.71. The Hall–Kier alpha value is -0.0500. The fourth-order valence-electron chi connectivity index (χ4n) is 2.27. The summed E-state index contributed by atoms with van der Waals surface area (Å²) in [7, 11) is 0. The van der Waals surface area contributed by atoms with Gasteiger partial charge in [0.25, 0.3) is 0 Å². The Bertz CT molecular complexity index is 347. The van der Waals surface area contributed by atoms with Crippen LogP contribution in [0.1, 0.15) is 57.6 Å². The lowest BCUT2D eigenvalue weighted by molar-refractivity contribution is 0.388. The molecule has 0 saturated heterocycles. The average molecular weight is 333 g/mol. The second-order valence-corrected chi connectivity index (χ2v) is 6.31. The summed E-state index contributed by atoms with van der Waals surface area (Å²) in [6.45, 7) is 4.49. The molecular formula is C15H23BrClN. The molecule has 0 radical (unpaired) electrons. The van der Waals surface area contributed by atoms with E-state index < -0.39 is 0 Å².